The molecule has 0 unspecified atom stereocenters. The summed E-state index contributed by atoms with van der Waals surface area (Å²) in [6.07, 6.45) is 0.966. The molecule has 0 atom stereocenters. The number of aliphatic hydroxyl groups excluding tert-OH is 1. The van der Waals surface area contributed by atoms with Crippen molar-refractivity contribution in [2.75, 3.05) is 0 Å². The lowest BCUT2D eigenvalue weighted by Gasteiger charge is -2.19. The molecule has 0 fully saturated rings. The molecule has 0 aromatic carbocycles. The summed E-state index contributed by atoms with van der Waals surface area (Å²) >= 11 is 0. The second-order valence-corrected chi connectivity index (χ2v) is 3.31. The van der Waals surface area contributed by atoms with Gasteiger partial charge >= 0.3 is 0 Å². The maximum absolute atomic E-state index is 10.7. The Morgan fingerprint density at radius 2 is 2.09 bits per heavy atom. The van der Waals surface area contributed by atoms with Crippen molar-refractivity contribution in [2.24, 2.45) is 11.1 Å². The molecule has 0 aliphatic carbocycles. The van der Waals surface area contributed by atoms with Crippen LogP contribution in [0.1, 0.15) is 26.7 Å². The van der Waals surface area contributed by atoms with Crippen molar-refractivity contribution in [1.82, 2.24) is 0 Å². The van der Waals surface area contributed by atoms with Gasteiger partial charge in [0, 0.05) is 11.8 Å². The van der Waals surface area contributed by atoms with Gasteiger partial charge in [-0.05, 0) is 6.42 Å². The van der Waals surface area contributed by atoms with Crippen molar-refractivity contribution in [2.45, 2.75) is 26.7 Å². The van der Waals surface area contributed by atoms with Crippen LogP contribution in [0.4, 0.5) is 0 Å². The van der Waals surface area contributed by atoms with E-state index in [0.29, 0.717) is 12.8 Å². The van der Waals surface area contributed by atoms with Gasteiger partial charge in [0.15, 0.2) is 0 Å². The number of nitrogens with two attached hydrogens (primary N) is 1. The van der Waals surface area contributed by atoms with E-state index in [-0.39, 0.29) is 11.7 Å². The molecule has 0 aliphatic rings. The number of allylic oxidation sites excluding steroid dienone is 1. The van der Waals surface area contributed by atoms with Gasteiger partial charge in [0.1, 0.15) is 0 Å². The van der Waals surface area contributed by atoms with Crippen LogP contribution >= 0.6 is 0 Å². The van der Waals surface area contributed by atoms with Gasteiger partial charge in [-0.15, -0.1) is 0 Å². The third-order valence-corrected chi connectivity index (χ3v) is 1.71. The molecule has 3 heteroatoms. The second kappa shape index (κ2) is 3.42. The lowest BCUT2D eigenvalue weighted by atomic mass is 9.87. The van der Waals surface area contributed by atoms with Crippen LogP contribution in [0.2, 0.25) is 0 Å². The van der Waals surface area contributed by atoms with Crippen molar-refractivity contribution >= 4 is 5.91 Å². The van der Waals surface area contributed by atoms with E-state index in [4.69, 9.17) is 10.8 Å². The quantitative estimate of drug-likeness (QED) is 0.605. The smallest absolute Gasteiger partial charge is 0.223 e. The summed E-state index contributed by atoms with van der Waals surface area (Å²) < 4.78 is 0. The molecule has 1 amide bonds. The van der Waals surface area contributed by atoms with Crippen LogP contribution in [0.15, 0.2) is 12.3 Å². The number of hydrogen-bond acceptors (Lipinski definition) is 2. The molecule has 0 spiro atoms. The highest BCUT2D eigenvalue weighted by Gasteiger charge is 2.24. The third kappa shape index (κ3) is 3.65. The molecule has 0 heterocycles. The second-order valence-electron chi connectivity index (χ2n) is 3.31. The van der Waals surface area contributed by atoms with Crippen LogP contribution in [0.5, 0.6) is 0 Å². The monoisotopic (exact) mass is 157 g/mol. The average Bonchev–Trinajstić information content (AvgIpc) is 1.84. The first-order valence-corrected chi connectivity index (χ1v) is 3.53. The molecule has 0 aliphatic heterocycles. The van der Waals surface area contributed by atoms with E-state index in [0.717, 1.165) is 0 Å². The van der Waals surface area contributed by atoms with Gasteiger partial charge in [-0.3, -0.25) is 4.79 Å². The first kappa shape index (κ1) is 10.0. The zero-order valence-electron chi connectivity index (χ0n) is 7.05. The Labute approximate surface area is 66.9 Å². The van der Waals surface area contributed by atoms with E-state index in [2.05, 4.69) is 6.58 Å². The first-order valence-electron chi connectivity index (χ1n) is 3.53. The Kier molecular flexibility index (Phi) is 3.11. The topological polar surface area (TPSA) is 63.3 Å². The predicted molar refractivity (Wildman–Crippen MR) is 44.0 cm³/mol. The van der Waals surface area contributed by atoms with Crippen molar-refractivity contribution in [3.05, 3.63) is 12.3 Å². The maximum Gasteiger partial charge on any atom is 0.223 e. The summed E-state index contributed by atoms with van der Waals surface area (Å²) in [6, 6.07) is 0. The molecule has 0 saturated carbocycles. The van der Waals surface area contributed by atoms with E-state index in [1.165, 1.54) is 0 Å². The highest BCUT2D eigenvalue weighted by Crippen LogP contribution is 2.22. The van der Waals surface area contributed by atoms with Gasteiger partial charge in [0.05, 0.1) is 5.76 Å². The van der Waals surface area contributed by atoms with Crippen LogP contribution < -0.4 is 5.73 Å². The maximum atomic E-state index is 10.7. The summed E-state index contributed by atoms with van der Waals surface area (Å²) in [5.41, 5.74) is 4.56. The summed E-state index contributed by atoms with van der Waals surface area (Å²) in [6.45, 7) is 6.82. The minimum Gasteiger partial charge on any atom is -0.513 e. The first-order chi connectivity index (χ1) is 4.86. The lowest BCUT2D eigenvalue weighted by Crippen LogP contribution is -2.31. The van der Waals surface area contributed by atoms with E-state index in [1.54, 1.807) is 13.8 Å². The Morgan fingerprint density at radius 1 is 1.64 bits per heavy atom. The van der Waals surface area contributed by atoms with E-state index in [9.17, 15) is 4.79 Å². The summed E-state index contributed by atoms with van der Waals surface area (Å²) in [7, 11) is 0. The largest absolute Gasteiger partial charge is 0.513 e. The van der Waals surface area contributed by atoms with Crippen molar-refractivity contribution in [3.8, 4) is 0 Å². The Balaban J connectivity index is 3.92. The SMILES string of the molecule is C=C(O)CCC(C)(C)C(N)=O. The van der Waals surface area contributed by atoms with Gasteiger partial charge in [-0.2, -0.15) is 0 Å². The van der Waals surface area contributed by atoms with Crippen molar-refractivity contribution in [3.63, 3.8) is 0 Å². The molecule has 3 nitrogen and oxygen atoms in total. The molecule has 0 rings (SSSR count). The zero-order valence-corrected chi connectivity index (χ0v) is 7.05. The summed E-state index contributed by atoms with van der Waals surface area (Å²) in [5.74, 6) is -0.252. The molecular weight excluding hydrogens is 142 g/mol. The number of rotatable bonds is 4. The number of carbonyl (C=O) groups excluding carboxylic acids is 1. The summed E-state index contributed by atoms with van der Waals surface area (Å²) in [4.78, 5) is 10.7. The van der Waals surface area contributed by atoms with Gasteiger partial charge in [0.25, 0.3) is 0 Å². The van der Waals surface area contributed by atoms with Gasteiger partial charge in [0.2, 0.25) is 5.91 Å². The molecule has 0 saturated heterocycles. The van der Waals surface area contributed by atoms with Crippen LogP contribution in [-0.4, -0.2) is 11.0 Å². The van der Waals surface area contributed by atoms with E-state index in [1.807, 2.05) is 0 Å². The predicted octanol–water partition coefficient (Wildman–Crippen LogP) is 1.35. The highest BCUT2D eigenvalue weighted by atomic mass is 16.3. The normalized spacial score (nSPS) is 11.1. The number of hydrogen-bond donors (Lipinski definition) is 2. The number of aliphatic hydroxyl groups is 1. The molecule has 3 N–H and O–H groups in total. The average molecular weight is 157 g/mol. The minimum absolute atomic E-state index is 0.0966. The standard InChI is InChI=1S/C8H15NO2/c1-6(10)4-5-8(2,3)7(9)11/h10H,1,4-5H2,2-3H3,(H2,9,11). The fourth-order valence-corrected chi connectivity index (χ4v) is 0.580. The Hall–Kier alpha value is -0.990. The van der Waals surface area contributed by atoms with Crippen molar-refractivity contribution < 1.29 is 9.90 Å². The molecule has 0 radical (unpaired) electrons. The molecule has 11 heavy (non-hydrogen) atoms. The third-order valence-electron chi connectivity index (χ3n) is 1.71. The van der Waals surface area contributed by atoms with Crippen LogP contribution in [-0.2, 0) is 4.79 Å². The molecule has 64 valence electrons. The van der Waals surface area contributed by atoms with Crippen molar-refractivity contribution in [1.29, 1.82) is 0 Å². The fourth-order valence-electron chi connectivity index (χ4n) is 0.580. The van der Waals surface area contributed by atoms with E-state index >= 15 is 0 Å². The van der Waals surface area contributed by atoms with Crippen LogP contribution in [0.25, 0.3) is 0 Å². The highest BCUT2D eigenvalue weighted by molar-refractivity contribution is 5.79. The van der Waals surface area contributed by atoms with Gasteiger partial charge in [-0.1, -0.05) is 20.4 Å². The Morgan fingerprint density at radius 3 is 2.36 bits per heavy atom. The molecule has 0 aromatic heterocycles. The number of primary amides is 1. The molecular formula is C8H15NO2. The van der Waals surface area contributed by atoms with E-state index < -0.39 is 5.41 Å². The lowest BCUT2D eigenvalue weighted by molar-refractivity contribution is -0.126. The fraction of sp³-hybridized carbons (Fsp3) is 0.625. The van der Waals surface area contributed by atoms with Gasteiger partial charge < -0.3 is 10.8 Å². The number of carbonyl (C=O) groups is 1. The molecule has 0 aromatic rings. The van der Waals surface area contributed by atoms with Crippen LogP contribution in [0, 0.1) is 5.41 Å². The molecule has 0 bridgehead atoms. The summed E-state index contributed by atoms with van der Waals surface area (Å²) in [5, 5.41) is 8.75. The Bertz CT molecular complexity index is 173. The number of amides is 1. The zero-order chi connectivity index (χ0) is 9.07. The van der Waals surface area contributed by atoms with Gasteiger partial charge in [-0.25, -0.2) is 0 Å². The van der Waals surface area contributed by atoms with Crippen LogP contribution in [0.3, 0.4) is 0 Å². The minimum atomic E-state index is -0.550.